The molecule has 24 heteroatoms. The summed E-state index contributed by atoms with van der Waals surface area (Å²) in [5.41, 5.74) is 5.26. The van der Waals surface area contributed by atoms with Crippen LogP contribution in [0.3, 0.4) is 0 Å². The van der Waals surface area contributed by atoms with E-state index in [0.29, 0.717) is 0 Å². The van der Waals surface area contributed by atoms with E-state index in [4.69, 9.17) is 33.3 Å². The van der Waals surface area contributed by atoms with Crippen molar-refractivity contribution in [3.8, 4) is 0 Å². The molecule has 3 aliphatic rings. The number of nitrogens with one attached hydrogen (secondary N) is 1. The zero-order valence-electron chi connectivity index (χ0n) is 21.8. The number of anilines is 1. The first-order valence-corrected chi connectivity index (χ1v) is 15.7. The van der Waals surface area contributed by atoms with Gasteiger partial charge in [0.05, 0.1) is 32.2 Å². The largest absolute Gasteiger partial charge is 0.472 e. The van der Waals surface area contributed by atoms with Crippen LogP contribution in [0.4, 0.5) is 10.2 Å². The van der Waals surface area contributed by atoms with Gasteiger partial charge in [-0.15, -0.1) is 0 Å². The lowest BCUT2D eigenvalue weighted by Gasteiger charge is -2.25. The second-order valence-electron chi connectivity index (χ2n) is 9.87. The van der Waals surface area contributed by atoms with Gasteiger partial charge in [0.2, 0.25) is 0 Å². The molecule has 3 aliphatic heterocycles. The summed E-state index contributed by atoms with van der Waals surface area (Å²) in [5, 5.41) is 11.0. The minimum atomic E-state index is -5.13. The second-order valence-corrected chi connectivity index (χ2v) is 12.7. The number of aliphatic hydroxyl groups excluding tert-OH is 1. The minimum absolute atomic E-state index is 0.0168. The molecule has 0 spiro atoms. The minimum Gasteiger partial charge on any atom is -0.387 e. The molecule has 3 saturated heterocycles. The molecule has 4 unspecified atom stereocenters. The summed E-state index contributed by atoms with van der Waals surface area (Å²) in [6.45, 7) is -1.73. The Labute approximate surface area is 242 Å². The molecule has 4 aromatic heterocycles. The number of aromatic amines is 1. The van der Waals surface area contributed by atoms with Gasteiger partial charge in [-0.25, -0.2) is 38.4 Å². The van der Waals surface area contributed by atoms with Crippen LogP contribution in [-0.4, -0.2) is 104 Å². The fraction of sp³-hybridized carbons (Fsp3) is 0.500. The third-order valence-corrected chi connectivity index (χ3v) is 9.16. The molecule has 0 saturated carbocycles. The van der Waals surface area contributed by atoms with Gasteiger partial charge in [-0.1, -0.05) is 0 Å². The smallest absolute Gasteiger partial charge is 0.387 e. The summed E-state index contributed by atoms with van der Waals surface area (Å²) in [6, 6.07) is 0. The van der Waals surface area contributed by atoms with Crippen LogP contribution in [-0.2, 0) is 36.7 Å². The molecule has 0 aromatic carbocycles. The lowest BCUT2D eigenvalue weighted by Crippen LogP contribution is -2.35. The number of nitrogens with two attached hydrogens (primary N) is 1. The normalized spacial score (nSPS) is 38.3. The maximum atomic E-state index is 15.8. The number of phosphoric ester groups is 2. The zero-order valence-corrected chi connectivity index (χ0v) is 23.6. The number of nitrogen functional groups attached to an aromatic ring is 1. The van der Waals surface area contributed by atoms with Crippen LogP contribution in [0.25, 0.3) is 22.3 Å². The zero-order chi connectivity index (χ0) is 31.0. The van der Waals surface area contributed by atoms with Crippen LogP contribution in [0.2, 0.25) is 0 Å². The van der Waals surface area contributed by atoms with E-state index in [-0.39, 0.29) is 28.1 Å². The van der Waals surface area contributed by atoms with Crippen LogP contribution in [0.1, 0.15) is 12.5 Å². The lowest BCUT2D eigenvalue weighted by atomic mass is 10.1. The molecule has 21 nitrogen and oxygen atoms in total. The molecule has 6 N–H and O–H groups in total. The number of rotatable bonds is 2. The highest BCUT2D eigenvalue weighted by atomic mass is 31.2. The predicted molar refractivity (Wildman–Crippen MR) is 138 cm³/mol. The molecule has 44 heavy (non-hydrogen) atoms. The van der Waals surface area contributed by atoms with Gasteiger partial charge >= 0.3 is 15.6 Å². The van der Waals surface area contributed by atoms with E-state index >= 15 is 4.39 Å². The van der Waals surface area contributed by atoms with Gasteiger partial charge in [-0.3, -0.25) is 32.0 Å². The van der Waals surface area contributed by atoms with Crippen molar-refractivity contribution < 1.29 is 56.0 Å². The molecule has 0 aliphatic carbocycles. The number of hydrogen-bond donors (Lipinski definition) is 5. The van der Waals surface area contributed by atoms with Gasteiger partial charge < -0.3 is 35.1 Å². The third kappa shape index (κ3) is 5.03. The number of hydrogen-bond acceptors (Lipinski definition) is 16. The molecule has 2 bridgehead atoms. The van der Waals surface area contributed by atoms with Crippen molar-refractivity contribution in [2.45, 2.75) is 49.1 Å². The average Bonchev–Trinajstić information content (AvgIpc) is 3.73. The van der Waals surface area contributed by atoms with Crippen LogP contribution in [0.5, 0.6) is 0 Å². The van der Waals surface area contributed by atoms with E-state index in [2.05, 4.69) is 29.9 Å². The van der Waals surface area contributed by atoms with Crippen molar-refractivity contribution in [2.75, 3.05) is 18.9 Å². The number of H-pyrrole nitrogens is 1. The first-order valence-electron chi connectivity index (χ1n) is 12.7. The van der Waals surface area contributed by atoms with E-state index in [1.807, 2.05) is 0 Å². The quantitative estimate of drug-likeness (QED) is 0.162. The maximum absolute atomic E-state index is 15.8. The fourth-order valence-electron chi connectivity index (χ4n) is 5.18. The van der Waals surface area contributed by atoms with E-state index < -0.39 is 83.6 Å². The number of ether oxygens (including phenoxy) is 2. The van der Waals surface area contributed by atoms with Crippen molar-refractivity contribution >= 4 is 43.8 Å². The van der Waals surface area contributed by atoms with Gasteiger partial charge in [-0.2, -0.15) is 0 Å². The third-order valence-electron chi connectivity index (χ3n) is 7.19. The van der Waals surface area contributed by atoms with Gasteiger partial charge in [0.25, 0.3) is 5.56 Å². The average molecular weight is 661 g/mol. The van der Waals surface area contributed by atoms with Crippen LogP contribution >= 0.6 is 15.6 Å². The Bertz CT molecular complexity index is 1890. The predicted octanol–water partition coefficient (Wildman–Crippen LogP) is -0.947. The standard InChI is InChI=1S/C20H22FN9O12P2/c21-9-13-8(40-19(9)29-6-28-11-17(29)25-4-26-18(11)32)2-38-44(35,36)42-14-12(31)7(1-37-43(33,34)41-13)39-20(14)30-5-27-10-15(22)23-3-24-16(10)30/h3-9,12-14,19-20,31H,1-2H2,(H,33,34)(H,35,36)(H2,22,23,24)(H,25,26,32)/t7-,8-,9-,12-,13-,14-,19?,20?/m1/s1. The molecule has 7 heterocycles. The van der Waals surface area contributed by atoms with Crippen LogP contribution in [0, 0.1) is 0 Å². The Morgan fingerprint density at radius 3 is 2.25 bits per heavy atom. The molecule has 4 aromatic rings. The Kier molecular flexibility index (Phi) is 7.14. The van der Waals surface area contributed by atoms with Gasteiger partial charge in [-0.05, 0) is 0 Å². The lowest BCUT2D eigenvalue weighted by molar-refractivity contribution is -0.0671. The summed E-state index contributed by atoms with van der Waals surface area (Å²) in [6.07, 6.45) is -9.15. The number of imidazole rings is 2. The summed E-state index contributed by atoms with van der Waals surface area (Å²) in [5.74, 6) is 0.0168. The first kappa shape index (κ1) is 29.4. The van der Waals surface area contributed by atoms with Crippen molar-refractivity contribution in [3.05, 3.63) is 35.7 Å². The van der Waals surface area contributed by atoms with E-state index in [9.17, 15) is 28.8 Å². The Balaban J connectivity index is 1.20. The van der Waals surface area contributed by atoms with E-state index in [0.717, 1.165) is 23.5 Å². The van der Waals surface area contributed by atoms with Crippen LogP contribution in [0.15, 0.2) is 30.1 Å². The molecule has 7 rings (SSSR count). The topological polar surface area (TPSA) is 283 Å². The van der Waals surface area contributed by atoms with E-state index in [1.54, 1.807) is 0 Å². The monoisotopic (exact) mass is 661 g/mol. The van der Waals surface area contributed by atoms with Gasteiger partial charge in [0.1, 0.15) is 42.4 Å². The maximum Gasteiger partial charge on any atom is 0.472 e. The van der Waals surface area contributed by atoms with Crippen molar-refractivity contribution in [2.24, 2.45) is 0 Å². The highest BCUT2D eigenvalue weighted by Gasteiger charge is 2.54. The summed E-state index contributed by atoms with van der Waals surface area (Å²) >= 11 is 0. The highest BCUT2D eigenvalue weighted by molar-refractivity contribution is 7.47. The van der Waals surface area contributed by atoms with E-state index in [1.165, 1.54) is 10.9 Å². The SMILES string of the molecule is Nc1ncnc2c1ncn2C1O[C@@H]2COP(=O)(O)O[C@@H]3[C@@H](COP(=O)(O)O[C@@H]1[C@@H]2O)OC(n1cnc2c(=O)[nH]cnc21)[C@@H]3F. The van der Waals surface area contributed by atoms with Crippen molar-refractivity contribution in [3.63, 3.8) is 0 Å². The molecule has 236 valence electrons. The summed E-state index contributed by atoms with van der Waals surface area (Å²) < 4.78 is 76.3. The molecular weight excluding hydrogens is 639 g/mol. The molecule has 10 atom stereocenters. The number of alkyl halides is 1. The highest BCUT2D eigenvalue weighted by Crippen LogP contribution is 2.54. The van der Waals surface area contributed by atoms with Crippen molar-refractivity contribution in [1.82, 2.24) is 39.0 Å². The number of aromatic nitrogens is 8. The number of aliphatic hydroxyl groups is 1. The fourth-order valence-corrected chi connectivity index (χ4v) is 7.07. The van der Waals surface area contributed by atoms with Gasteiger partial charge in [0, 0.05) is 0 Å². The van der Waals surface area contributed by atoms with Crippen LogP contribution < -0.4 is 11.3 Å². The molecule has 0 radical (unpaired) electrons. The summed E-state index contributed by atoms with van der Waals surface area (Å²) in [4.78, 5) is 55.4. The number of fused-ring (bicyclic) bond motifs is 5. The second kappa shape index (κ2) is 10.7. The summed E-state index contributed by atoms with van der Waals surface area (Å²) in [7, 11) is -10.2. The first-order chi connectivity index (χ1) is 20.9. The molecule has 3 fully saturated rings. The molecule has 0 amide bonds. The Morgan fingerprint density at radius 1 is 0.886 bits per heavy atom. The number of nitrogens with zero attached hydrogens (tertiary/aromatic N) is 7. The van der Waals surface area contributed by atoms with Gasteiger partial charge in [0.15, 0.2) is 41.3 Å². The Morgan fingerprint density at radius 2 is 1.50 bits per heavy atom. The molecular formula is C20H22FN9O12P2. The number of halogens is 1. The number of phosphoric acid groups is 2. The Hall–Kier alpha value is -3.27. The van der Waals surface area contributed by atoms with Crippen molar-refractivity contribution in [1.29, 1.82) is 0 Å².